The summed E-state index contributed by atoms with van der Waals surface area (Å²) >= 11 is 7.65. The van der Waals surface area contributed by atoms with Crippen LogP contribution in [0.5, 0.6) is 0 Å². The summed E-state index contributed by atoms with van der Waals surface area (Å²) in [5.74, 6) is -0.249. The Morgan fingerprint density at radius 3 is 2.91 bits per heavy atom. The van der Waals surface area contributed by atoms with Crippen molar-refractivity contribution in [1.82, 2.24) is 15.1 Å². The third-order valence-corrected chi connectivity index (χ3v) is 4.84. The van der Waals surface area contributed by atoms with E-state index in [-0.39, 0.29) is 11.9 Å². The quantitative estimate of drug-likeness (QED) is 0.848. The van der Waals surface area contributed by atoms with E-state index in [1.54, 1.807) is 7.05 Å². The zero-order valence-corrected chi connectivity index (χ0v) is 14.4. The van der Waals surface area contributed by atoms with Crippen molar-refractivity contribution in [3.05, 3.63) is 38.8 Å². The van der Waals surface area contributed by atoms with Crippen molar-refractivity contribution in [3.8, 4) is 0 Å². The highest BCUT2D eigenvalue weighted by Crippen LogP contribution is 2.24. The number of aliphatic hydroxyl groups is 1. The highest BCUT2D eigenvalue weighted by atomic mass is 35.5. The predicted molar refractivity (Wildman–Crippen MR) is 88.4 cm³/mol. The maximum absolute atomic E-state index is 12.4. The molecule has 0 aliphatic rings. The molecule has 0 bridgehead atoms. The number of amides is 1. The first-order valence-electron chi connectivity index (χ1n) is 7.17. The molecule has 0 aromatic carbocycles. The number of rotatable bonds is 6. The van der Waals surface area contributed by atoms with Crippen LogP contribution in [-0.4, -0.2) is 26.8 Å². The minimum absolute atomic E-state index is 0.175. The van der Waals surface area contributed by atoms with Crippen LogP contribution in [-0.2, 0) is 13.5 Å². The van der Waals surface area contributed by atoms with Crippen LogP contribution in [0.4, 0.5) is 0 Å². The summed E-state index contributed by atoms with van der Waals surface area (Å²) in [6, 6.07) is 3.61. The lowest BCUT2D eigenvalue weighted by atomic mass is 10.1. The minimum atomic E-state index is -0.578. The first kappa shape index (κ1) is 17.0. The molecule has 0 saturated heterocycles. The number of halogens is 1. The average Bonchev–Trinajstić information content (AvgIpc) is 3.08. The van der Waals surface area contributed by atoms with E-state index >= 15 is 0 Å². The van der Waals surface area contributed by atoms with E-state index in [0.717, 1.165) is 4.88 Å². The van der Waals surface area contributed by atoms with Gasteiger partial charge < -0.3 is 10.4 Å². The van der Waals surface area contributed by atoms with Gasteiger partial charge in [0.05, 0.1) is 17.4 Å². The molecule has 22 heavy (non-hydrogen) atoms. The second-order valence-electron chi connectivity index (χ2n) is 5.23. The topological polar surface area (TPSA) is 67.2 Å². The lowest BCUT2D eigenvalue weighted by Crippen LogP contribution is -2.34. The number of hydrogen-bond donors (Lipinski definition) is 2. The normalized spacial score (nSPS) is 13.9. The molecule has 120 valence electrons. The molecule has 0 aliphatic carbocycles. The summed E-state index contributed by atoms with van der Waals surface area (Å²) in [4.78, 5) is 13.3. The van der Waals surface area contributed by atoms with E-state index in [9.17, 15) is 9.90 Å². The number of aliphatic hydroxyl groups excluding tert-OH is 1. The molecule has 0 saturated carbocycles. The van der Waals surface area contributed by atoms with Gasteiger partial charge in [-0.05, 0) is 31.2 Å². The van der Waals surface area contributed by atoms with Gasteiger partial charge in [0.15, 0.2) is 0 Å². The summed E-state index contributed by atoms with van der Waals surface area (Å²) < 4.78 is 1.50. The Labute approximate surface area is 138 Å². The smallest absolute Gasteiger partial charge is 0.256 e. The summed E-state index contributed by atoms with van der Waals surface area (Å²) in [7, 11) is 1.71. The third-order valence-electron chi connectivity index (χ3n) is 3.44. The molecule has 2 unspecified atom stereocenters. The van der Waals surface area contributed by atoms with Crippen molar-refractivity contribution in [2.45, 2.75) is 38.8 Å². The van der Waals surface area contributed by atoms with Crippen LogP contribution in [0.15, 0.2) is 17.5 Å². The van der Waals surface area contributed by atoms with Crippen molar-refractivity contribution in [3.63, 3.8) is 0 Å². The Balaban J connectivity index is 2.02. The maximum atomic E-state index is 12.4. The Bertz CT molecular complexity index is 640. The number of aryl methyl sites for hydroxylation is 2. The summed E-state index contributed by atoms with van der Waals surface area (Å²) in [5, 5.41) is 19.5. The van der Waals surface area contributed by atoms with Crippen LogP contribution < -0.4 is 5.32 Å². The molecule has 2 aromatic rings. The summed E-state index contributed by atoms with van der Waals surface area (Å²) in [5.41, 5.74) is 1.10. The first-order valence-corrected chi connectivity index (χ1v) is 8.43. The first-order chi connectivity index (χ1) is 10.4. The Morgan fingerprint density at radius 2 is 2.32 bits per heavy atom. The molecule has 7 heteroatoms. The molecule has 0 spiro atoms. The van der Waals surface area contributed by atoms with Crippen molar-refractivity contribution in [2.24, 2.45) is 7.05 Å². The van der Waals surface area contributed by atoms with Gasteiger partial charge in [-0.25, -0.2) is 0 Å². The fourth-order valence-corrected chi connectivity index (χ4v) is 3.27. The molecule has 1 amide bonds. The molecule has 2 atom stereocenters. The van der Waals surface area contributed by atoms with Crippen molar-refractivity contribution < 1.29 is 9.90 Å². The van der Waals surface area contributed by atoms with Gasteiger partial charge in [0, 0.05) is 18.0 Å². The Morgan fingerprint density at radius 1 is 1.59 bits per heavy atom. The molecule has 0 fully saturated rings. The average molecular weight is 342 g/mol. The van der Waals surface area contributed by atoms with E-state index in [1.165, 1.54) is 16.0 Å². The molecular formula is C15H20ClN3O2S. The van der Waals surface area contributed by atoms with Gasteiger partial charge in [-0.2, -0.15) is 5.10 Å². The zero-order chi connectivity index (χ0) is 16.3. The number of nitrogens with zero attached hydrogens (tertiary/aromatic N) is 2. The van der Waals surface area contributed by atoms with Gasteiger partial charge in [-0.3, -0.25) is 9.48 Å². The number of nitrogens with one attached hydrogen (secondary N) is 1. The second-order valence-corrected chi connectivity index (χ2v) is 6.57. The number of carbonyl (C=O) groups is 1. The Hall–Kier alpha value is -1.37. The van der Waals surface area contributed by atoms with Crippen molar-refractivity contribution in [1.29, 1.82) is 0 Å². The van der Waals surface area contributed by atoms with Gasteiger partial charge >= 0.3 is 0 Å². The maximum Gasteiger partial charge on any atom is 0.256 e. The molecule has 2 rings (SSSR count). The molecule has 5 nitrogen and oxygen atoms in total. The van der Waals surface area contributed by atoms with Gasteiger partial charge in [0.1, 0.15) is 5.15 Å². The molecule has 0 radical (unpaired) electrons. The second kappa shape index (κ2) is 7.26. The predicted octanol–water partition coefficient (Wildman–Crippen LogP) is 2.94. The molecule has 2 aromatic heterocycles. The monoisotopic (exact) mass is 341 g/mol. The SMILES string of the molecule is CCc1nn(C)c(Cl)c1C(=O)NC(C)CC(O)c1cccs1. The van der Waals surface area contributed by atoms with Crippen LogP contribution >= 0.6 is 22.9 Å². The van der Waals surface area contributed by atoms with Gasteiger partial charge in [0.25, 0.3) is 5.91 Å². The third kappa shape index (κ3) is 3.69. The van der Waals surface area contributed by atoms with Gasteiger partial charge in [-0.15, -0.1) is 11.3 Å². The largest absolute Gasteiger partial charge is 0.387 e. The fraction of sp³-hybridized carbons (Fsp3) is 0.467. The fourth-order valence-electron chi connectivity index (χ4n) is 2.31. The number of carbonyl (C=O) groups excluding carboxylic acids is 1. The zero-order valence-electron chi connectivity index (χ0n) is 12.8. The lowest BCUT2D eigenvalue weighted by Gasteiger charge is -2.17. The molecule has 2 heterocycles. The van der Waals surface area contributed by atoms with E-state index in [0.29, 0.717) is 29.3 Å². The molecule has 2 N–H and O–H groups in total. The van der Waals surface area contributed by atoms with Crippen LogP contribution in [0.2, 0.25) is 5.15 Å². The van der Waals surface area contributed by atoms with Crippen LogP contribution in [0.25, 0.3) is 0 Å². The highest BCUT2D eigenvalue weighted by Gasteiger charge is 2.22. The lowest BCUT2D eigenvalue weighted by molar-refractivity contribution is 0.0917. The molecular weight excluding hydrogens is 322 g/mol. The highest BCUT2D eigenvalue weighted by molar-refractivity contribution is 7.10. The molecule has 0 aliphatic heterocycles. The summed E-state index contributed by atoms with van der Waals surface area (Å²) in [6.07, 6.45) is 0.506. The number of aromatic nitrogens is 2. The Kier molecular flexibility index (Phi) is 5.61. The van der Waals surface area contributed by atoms with Crippen LogP contribution in [0.3, 0.4) is 0 Å². The van der Waals surface area contributed by atoms with Crippen molar-refractivity contribution >= 4 is 28.8 Å². The number of thiophene rings is 1. The summed E-state index contributed by atoms with van der Waals surface area (Å²) in [6.45, 7) is 3.80. The van der Waals surface area contributed by atoms with Gasteiger partial charge in [0.2, 0.25) is 0 Å². The van der Waals surface area contributed by atoms with Crippen LogP contribution in [0.1, 0.15) is 47.3 Å². The van der Waals surface area contributed by atoms with Crippen molar-refractivity contribution in [2.75, 3.05) is 0 Å². The van der Waals surface area contributed by atoms with Gasteiger partial charge in [-0.1, -0.05) is 24.6 Å². The van der Waals surface area contributed by atoms with E-state index in [2.05, 4.69) is 10.4 Å². The standard InChI is InChI=1S/C15H20ClN3O2S/c1-4-10-13(14(16)19(3)18-10)15(21)17-9(2)8-11(20)12-6-5-7-22-12/h5-7,9,11,20H,4,8H2,1-3H3,(H,17,21). The minimum Gasteiger partial charge on any atom is -0.387 e. The van der Waals surface area contributed by atoms with E-state index in [4.69, 9.17) is 11.6 Å². The van der Waals surface area contributed by atoms with E-state index < -0.39 is 6.10 Å². The van der Waals surface area contributed by atoms with Crippen LogP contribution in [0, 0.1) is 0 Å². The van der Waals surface area contributed by atoms with E-state index in [1.807, 2.05) is 31.4 Å². The number of hydrogen-bond acceptors (Lipinski definition) is 4.